The molecule has 0 radical (unpaired) electrons. The molecule has 31 heavy (non-hydrogen) atoms. The van der Waals surface area contributed by atoms with Crippen LogP contribution in [-0.2, 0) is 0 Å². The number of carbonyl (C=O) groups excluding carboxylic acids is 1. The number of allylic oxidation sites excluding steroid dienone is 1. The fourth-order valence-corrected chi connectivity index (χ4v) is 2.98. The Labute approximate surface area is 184 Å². The molecule has 0 bridgehead atoms. The van der Waals surface area contributed by atoms with Gasteiger partial charge in [0.2, 0.25) is 0 Å². The highest BCUT2D eigenvalue weighted by Crippen LogP contribution is 2.35. The summed E-state index contributed by atoms with van der Waals surface area (Å²) < 4.78 is 22.1. The first-order chi connectivity index (χ1) is 14.9. The van der Waals surface area contributed by atoms with E-state index in [4.69, 9.17) is 18.9 Å². The molecule has 0 aliphatic rings. The van der Waals surface area contributed by atoms with Crippen LogP contribution < -0.4 is 18.9 Å². The van der Waals surface area contributed by atoms with E-state index < -0.39 is 0 Å². The van der Waals surface area contributed by atoms with Gasteiger partial charge in [-0.05, 0) is 41.3 Å². The Hall–Kier alpha value is -3.47. The van der Waals surface area contributed by atoms with Crippen molar-refractivity contribution in [1.29, 1.82) is 0 Å². The number of hydrogen-bond acceptors (Lipinski definition) is 5. The molecule has 0 spiro atoms. The standard InChI is InChI=1S/C26H30O5/c1-7-13-30-24-17-25(31-14-8-2)21(16-20(24)18(3)4)22(27)11-9-19-10-12-23(28-5)26(15-19)29-6/h7-12,15-18H,1-2,13-14H2,3-6H3/b11-9+. The van der Waals surface area contributed by atoms with Crippen molar-refractivity contribution in [3.63, 3.8) is 0 Å². The SMILES string of the molecule is C=CCOc1cc(OCC=C)c(C(C)C)cc1C(=O)/C=C/c1ccc(OC)c(OC)c1. The van der Waals surface area contributed by atoms with Gasteiger partial charge in [0.1, 0.15) is 24.7 Å². The van der Waals surface area contributed by atoms with E-state index in [1.165, 1.54) is 6.08 Å². The summed E-state index contributed by atoms with van der Waals surface area (Å²) in [6.45, 7) is 12.1. The zero-order valence-electron chi connectivity index (χ0n) is 18.6. The van der Waals surface area contributed by atoms with Crippen LogP contribution in [0.2, 0.25) is 0 Å². The molecule has 0 fully saturated rings. The van der Waals surface area contributed by atoms with Crippen LogP contribution in [0.15, 0.2) is 61.7 Å². The van der Waals surface area contributed by atoms with Gasteiger partial charge in [-0.15, -0.1) is 0 Å². The van der Waals surface area contributed by atoms with Crippen LogP contribution in [0.25, 0.3) is 6.08 Å². The average Bonchev–Trinajstić information content (AvgIpc) is 2.78. The second-order valence-electron chi connectivity index (χ2n) is 7.05. The smallest absolute Gasteiger partial charge is 0.189 e. The van der Waals surface area contributed by atoms with Gasteiger partial charge in [0.05, 0.1) is 19.8 Å². The van der Waals surface area contributed by atoms with Crippen molar-refractivity contribution in [3.05, 3.63) is 78.4 Å². The van der Waals surface area contributed by atoms with E-state index in [2.05, 4.69) is 13.2 Å². The van der Waals surface area contributed by atoms with E-state index in [0.717, 1.165) is 11.1 Å². The molecule has 0 unspecified atom stereocenters. The molecule has 0 amide bonds. The second kappa shape index (κ2) is 11.6. The van der Waals surface area contributed by atoms with Crippen molar-refractivity contribution >= 4 is 11.9 Å². The lowest BCUT2D eigenvalue weighted by Gasteiger charge is -2.17. The molecule has 0 heterocycles. The van der Waals surface area contributed by atoms with Crippen LogP contribution in [0, 0.1) is 0 Å². The molecule has 0 aliphatic heterocycles. The Balaban J connectivity index is 2.42. The summed E-state index contributed by atoms with van der Waals surface area (Å²) in [4.78, 5) is 13.1. The average molecular weight is 423 g/mol. The number of rotatable bonds is 12. The first-order valence-electron chi connectivity index (χ1n) is 10.0. The Kier molecular flexibility index (Phi) is 8.94. The molecule has 2 rings (SSSR count). The van der Waals surface area contributed by atoms with Gasteiger partial charge >= 0.3 is 0 Å². The Morgan fingerprint density at radius 3 is 2.13 bits per heavy atom. The number of carbonyl (C=O) groups is 1. The number of hydrogen-bond donors (Lipinski definition) is 0. The molecule has 0 aliphatic carbocycles. The monoisotopic (exact) mass is 422 g/mol. The van der Waals surface area contributed by atoms with Gasteiger partial charge in [-0.25, -0.2) is 0 Å². The number of ketones is 1. The molecule has 0 atom stereocenters. The van der Waals surface area contributed by atoms with Crippen molar-refractivity contribution in [2.24, 2.45) is 0 Å². The summed E-state index contributed by atoms with van der Waals surface area (Å²) in [5, 5.41) is 0. The number of benzene rings is 2. The summed E-state index contributed by atoms with van der Waals surface area (Å²) in [5.74, 6) is 2.33. The van der Waals surface area contributed by atoms with Crippen molar-refractivity contribution in [2.75, 3.05) is 27.4 Å². The fraction of sp³-hybridized carbons (Fsp3) is 0.269. The molecule has 0 saturated heterocycles. The third kappa shape index (κ3) is 6.25. The molecule has 0 aromatic heterocycles. The molecule has 2 aromatic carbocycles. The maximum Gasteiger partial charge on any atom is 0.189 e. The summed E-state index contributed by atoms with van der Waals surface area (Å²) >= 11 is 0. The predicted octanol–water partition coefficient (Wildman–Crippen LogP) is 5.85. The van der Waals surface area contributed by atoms with E-state index in [-0.39, 0.29) is 18.3 Å². The van der Waals surface area contributed by atoms with Gasteiger partial charge in [0, 0.05) is 6.07 Å². The maximum absolute atomic E-state index is 13.1. The highest BCUT2D eigenvalue weighted by atomic mass is 16.5. The molecule has 0 N–H and O–H groups in total. The Bertz CT molecular complexity index is 957. The van der Waals surface area contributed by atoms with Crippen molar-refractivity contribution < 1.29 is 23.7 Å². The van der Waals surface area contributed by atoms with Gasteiger partial charge in [-0.1, -0.05) is 51.3 Å². The van der Waals surface area contributed by atoms with Crippen LogP contribution >= 0.6 is 0 Å². The van der Waals surface area contributed by atoms with E-state index in [1.807, 2.05) is 32.0 Å². The van der Waals surface area contributed by atoms with E-state index in [9.17, 15) is 4.79 Å². The van der Waals surface area contributed by atoms with Crippen molar-refractivity contribution in [1.82, 2.24) is 0 Å². The van der Waals surface area contributed by atoms with Gasteiger partial charge in [0.25, 0.3) is 0 Å². The van der Waals surface area contributed by atoms with Gasteiger partial charge < -0.3 is 18.9 Å². The quantitative estimate of drug-likeness (QED) is 0.244. The van der Waals surface area contributed by atoms with Crippen LogP contribution in [0.4, 0.5) is 0 Å². The van der Waals surface area contributed by atoms with Crippen molar-refractivity contribution in [3.8, 4) is 23.0 Å². The first-order valence-corrected chi connectivity index (χ1v) is 10.0. The third-order valence-corrected chi connectivity index (χ3v) is 4.55. The molecule has 0 saturated carbocycles. The largest absolute Gasteiger partial charge is 0.493 e. The lowest BCUT2D eigenvalue weighted by molar-refractivity contribution is 0.104. The van der Waals surface area contributed by atoms with E-state index >= 15 is 0 Å². The van der Waals surface area contributed by atoms with Crippen LogP contribution in [0.5, 0.6) is 23.0 Å². The lowest BCUT2D eigenvalue weighted by Crippen LogP contribution is -2.07. The van der Waals surface area contributed by atoms with Gasteiger partial charge in [0.15, 0.2) is 17.3 Å². The summed E-state index contributed by atoms with van der Waals surface area (Å²) in [6, 6.07) is 9.06. The first kappa shape index (κ1) is 23.8. The topological polar surface area (TPSA) is 54.0 Å². The van der Waals surface area contributed by atoms with Crippen LogP contribution in [0.3, 0.4) is 0 Å². The summed E-state index contributed by atoms with van der Waals surface area (Å²) in [6.07, 6.45) is 6.57. The van der Waals surface area contributed by atoms with Crippen molar-refractivity contribution in [2.45, 2.75) is 19.8 Å². The minimum Gasteiger partial charge on any atom is -0.493 e. The predicted molar refractivity (Wildman–Crippen MR) is 125 cm³/mol. The minimum absolute atomic E-state index is 0.162. The van der Waals surface area contributed by atoms with Crippen LogP contribution in [0.1, 0.15) is 41.3 Å². The maximum atomic E-state index is 13.1. The molecular formula is C26H30O5. The van der Waals surface area contributed by atoms with Crippen LogP contribution in [-0.4, -0.2) is 33.2 Å². The molecule has 164 valence electrons. The molecule has 5 heteroatoms. The third-order valence-electron chi connectivity index (χ3n) is 4.55. The number of ether oxygens (including phenoxy) is 4. The highest BCUT2D eigenvalue weighted by molar-refractivity contribution is 6.09. The zero-order valence-corrected chi connectivity index (χ0v) is 18.6. The van der Waals surface area contributed by atoms with E-state index in [1.54, 1.807) is 44.6 Å². The van der Waals surface area contributed by atoms with Gasteiger partial charge in [-0.3, -0.25) is 4.79 Å². The Morgan fingerprint density at radius 2 is 1.55 bits per heavy atom. The minimum atomic E-state index is -0.175. The molecule has 5 nitrogen and oxygen atoms in total. The molecule has 2 aromatic rings. The highest BCUT2D eigenvalue weighted by Gasteiger charge is 2.18. The van der Waals surface area contributed by atoms with E-state index in [0.29, 0.717) is 35.2 Å². The number of methoxy groups -OCH3 is 2. The Morgan fingerprint density at radius 1 is 0.903 bits per heavy atom. The summed E-state index contributed by atoms with van der Waals surface area (Å²) in [5.41, 5.74) is 2.21. The fourth-order valence-electron chi connectivity index (χ4n) is 2.98. The van der Waals surface area contributed by atoms with Gasteiger partial charge in [-0.2, -0.15) is 0 Å². The normalized spacial score (nSPS) is 10.7. The molecular weight excluding hydrogens is 392 g/mol. The zero-order chi connectivity index (χ0) is 22.8. The second-order valence-corrected chi connectivity index (χ2v) is 7.05. The summed E-state index contributed by atoms with van der Waals surface area (Å²) in [7, 11) is 3.15. The lowest BCUT2D eigenvalue weighted by atomic mass is 9.96.